The molecule has 2 saturated heterocycles. The zero-order valence-electron chi connectivity index (χ0n) is 44.6. The Morgan fingerprint density at radius 3 is 1.29 bits per heavy atom. The standard InChI is InChI=1S/C54H94O14/c1-17-41(57-8)35(6)37-26-28-39(37)43(55)31(2)22-19-24-34(5)46-48(60-11)50(52(63-14)54(65-16)68-46)66-30-20-25-42(58-9)36(7)38-27-29-40(38)44(56)32(3)21-18-23-33(4)45-47(59-10)49(61-12)51(62-13)53(64-15)67-45/h18-19,21-24,31-32,35-56H,17,20,25-30H2,1-16H3/b21-18+,22-19+,33-23+,34-24+/t31-,32-,35-,36-,37+,38+,39-,40-,41-,42-,43+,44+,45-,46-,47-,48+,49-,50-,51+,52-,53-,54-/m0/s1. The van der Waals surface area contributed by atoms with Crippen LogP contribution in [-0.2, 0) is 56.8 Å². The molecular formula is C54H94O14. The highest BCUT2D eigenvalue weighted by molar-refractivity contribution is 5.20. The smallest absolute Gasteiger partial charge is 0.186 e. The van der Waals surface area contributed by atoms with Crippen LogP contribution >= 0.6 is 0 Å². The summed E-state index contributed by atoms with van der Waals surface area (Å²) in [7, 11) is 15.0. The molecule has 0 bridgehead atoms. The topological polar surface area (TPSA) is 151 Å². The average molecular weight is 967 g/mol. The Labute approximate surface area is 410 Å². The van der Waals surface area contributed by atoms with Crippen LogP contribution in [0.25, 0.3) is 0 Å². The van der Waals surface area contributed by atoms with Gasteiger partial charge in [0.2, 0.25) is 0 Å². The number of methoxy groups -OCH3 is 9. The van der Waals surface area contributed by atoms with Crippen molar-refractivity contribution in [2.45, 2.75) is 179 Å². The van der Waals surface area contributed by atoms with E-state index in [-0.39, 0.29) is 54.0 Å². The Bertz CT molecular complexity index is 1550. The summed E-state index contributed by atoms with van der Waals surface area (Å²) < 4.78 is 72.0. The Balaban J connectivity index is 1.32. The summed E-state index contributed by atoms with van der Waals surface area (Å²) in [6.45, 7) is 15.3. The van der Waals surface area contributed by atoms with Gasteiger partial charge in [0.25, 0.3) is 0 Å². The van der Waals surface area contributed by atoms with Gasteiger partial charge >= 0.3 is 0 Å². The highest BCUT2D eigenvalue weighted by atomic mass is 16.7. The molecule has 14 nitrogen and oxygen atoms in total. The number of ether oxygens (including phenoxy) is 12. The van der Waals surface area contributed by atoms with Gasteiger partial charge in [-0.25, -0.2) is 0 Å². The number of hydrogen-bond donors (Lipinski definition) is 2. The van der Waals surface area contributed by atoms with E-state index in [1.165, 1.54) is 0 Å². The van der Waals surface area contributed by atoms with Gasteiger partial charge in [-0.05, 0) is 105 Å². The minimum Gasteiger partial charge on any atom is -0.392 e. The molecule has 2 aliphatic heterocycles. The monoisotopic (exact) mass is 967 g/mol. The third-order valence-corrected chi connectivity index (χ3v) is 16.5. The molecule has 394 valence electrons. The van der Waals surface area contributed by atoms with Crippen molar-refractivity contribution < 1.29 is 67.1 Å². The number of rotatable bonds is 29. The molecule has 14 heteroatoms. The molecule has 0 spiro atoms. The zero-order valence-corrected chi connectivity index (χ0v) is 44.6. The first-order valence-corrected chi connectivity index (χ1v) is 25.4. The number of aliphatic hydroxyl groups is 2. The fourth-order valence-corrected chi connectivity index (χ4v) is 11.8. The molecule has 2 aliphatic carbocycles. The average Bonchev–Trinajstić information content (AvgIpc) is 3.31. The normalized spacial score (nSPS) is 36.4. The van der Waals surface area contributed by atoms with E-state index in [1.54, 1.807) is 64.0 Å². The molecule has 2 saturated carbocycles. The third-order valence-electron chi connectivity index (χ3n) is 16.5. The Morgan fingerprint density at radius 2 is 0.926 bits per heavy atom. The van der Waals surface area contributed by atoms with E-state index in [2.05, 4.69) is 46.8 Å². The van der Waals surface area contributed by atoms with Crippen LogP contribution in [0.15, 0.2) is 47.6 Å². The lowest BCUT2D eigenvalue weighted by atomic mass is 9.62. The van der Waals surface area contributed by atoms with Gasteiger partial charge in [0, 0.05) is 82.4 Å². The van der Waals surface area contributed by atoms with Crippen LogP contribution < -0.4 is 0 Å². The number of hydrogen-bond acceptors (Lipinski definition) is 14. The maximum absolute atomic E-state index is 11.6. The van der Waals surface area contributed by atoms with Crippen LogP contribution in [0.1, 0.15) is 93.4 Å². The molecule has 0 unspecified atom stereocenters. The van der Waals surface area contributed by atoms with Crippen molar-refractivity contribution in [2.75, 3.05) is 70.6 Å². The van der Waals surface area contributed by atoms with Gasteiger partial charge in [0.15, 0.2) is 12.6 Å². The maximum atomic E-state index is 11.6. The van der Waals surface area contributed by atoms with Crippen molar-refractivity contribution in [1.29, 1.82) is 0 Å². The summed E-state index contributed by atoms with van der Waals surface area (Å²) in [6, 6.07) is 0. The molecule has 0 aromatic heterocycles. The van der Waals surface area contributed by atoms with E-state index in [9.17, 15) is 10.2 Å². The summed E-state index contributed by atoms with van der Waals surface area (Å²) in [4.78, 5) is 0. The molecule has 68 heavy (non-hydrogen) atoms. The van der Waals surface area contributed by atoms with Crippen LogP contribution in [0, 0.1) is 47.3 Å². The van der Waals surface area contributed by atoms with Gasteiger partial charge in [-0.15, -0.1) is 0 Å². The summed E-state index contributed by atoms with van der Waals surface area (Å²) in [6.07, 6.45) is 13.6. The summed E-state index contributed by atoms with van der Waals surface area (Å²) >= 11 is 0. The third kappa shape index (κ3) is 14.1. The van der Waals surface area contributed by atoms with Crippen LogP contribution in [0.2, 0.25) is 0 Å². The van der Waals surface area contributed by atoms with Gasteiger partial charge in [0.05, 0.1) is 24.4 Å². The van der Waals surface area contributed by atoms with Crippen molar-refractivity contribution in [2.24, 2.45) is 47.3 Å². The largest absolute Gasteiger partial charge is 0.392 e. The van der Waals surface area contributed by atoms with Gasteiger partial charge in [-0.3, -0.25) is 0 Å². The highest BCUT2D eigenvalue weighted by Crippen LogP contribution is 2.47. The lowest BCUT2D eigenvalue weighted by molar-refractivity contribution is -0.298. The second kappa shape index (κ2) is 29.2. The van der Waals surface area contributed by atoms with Crippen molar-refractivity contribution in [3.63, 3.8) is 0 Å². The minimum absolute atomic E-state index is 0.00415. The zero-order chi connectivity index (χ0) is 50.2. The van der Waals surface area contributed by atoms with E-state index in [4.69, 9.17) is 56.8 Å². The molecule has 0 aromatic carbocycles. The van der Waals surface area contributed by atoms with Crippen LogP contribution in [-0.4, -0.2) is 167 Å². The van der Waals surface area contributed by atoms with E-state index < -0.39 is 61.4 Å². The van der Waals surface area contributed by atoms with Crippen LogP contribution in [0.3, 0.4) is 0 Å². The summed E-state index contributed by atoms with van der Waals surface area (Å²) in [5, 5.41) is 23.0. The Morgan fingerprint density at radius 1 is 0.529 bits per heavy atom. The molecule has 0 amide bonds. The predicted molar refractivity (Wildman–Crippen MR) is 263 cm³/mol. The summed E-state index contributed by atoms with van der Waals surface area (Å²) in [5.74, 6) is 1.84. The molecule has 2 N–H and O–H groups in total. The molecule has 22 atom stereocenters. The van der Waals surface area contributed by atoms with Crippen molar-refractivity contribution in [3.8, 4) is 0 Å². The Hall–Kier alpha value is -1.60. The summed E-state index contributed by atoms with van der Waals surface area (Å²) in [5.41, 5.74) is 1.91. The molecule has 4 aliphatic rings. The number of allylic oxidation sites excluding steroid dienone is 4. The first kappa shape index (κ1) is 59.0. The predicted octanol–water partition coefficient (Wildman–Crippen LogP) is 7.73. The maximum Gasteiger partial charge on any atom is 0.186 e. The SMILES string of the molecule is CC[C@H](OC)[C@@H](C)[C@H]1CC[C@@H]1[C@H](O)[C@@H](C)/C=C/C=C(\C)[C@@H]1O[C@H](OC)[C@@H](OC)[C@@H](OCCC[C@H](OC)[C@@H](C)[C@H]2CC[C@@H]2[C@H](O)[C@@H](C)/C=C/C=C(\C)[C@@H]2O[C@H](OC)[C@H](OC)[C@@H](OC)[C@H]2OC)[C@@H]1OC. The van der Waals surface area contributed by atoms with Gasteiger partial charge in [-0.2, -0.15) is 0 Å². The molecular weight excluding hydrogens is 873 g/mol. The molecule has 4 fully saturated rings. The van der Waals surface area contributed by atoms with Gasteiger partial charge in [-0.1, -0.05) is 71.1 Å². The van der Waals surface area contributed by atoms with Crippen LogP contribution in [0.4, 0.5) is 0 Å². The highest BCUT2D eigenvalue weighted by Gasteiger charge is 2.50. The lowest BCUT2D eigenvalue weighted by Gasteiger charge is -2.46. The lowest BCUT2D eigenvalue weighted by Crippen LogP contribution is -2.60. The molecule has 2 heterocycles. The molecule has 0 radical (unpaired) electrons. The van der Waals surface area contributed by atoms with Crippen LogP contribution in [0.5, 0.6) is 0 Å². The molecule has 4 rings (SSSR count). The number of aliphatic hydroxyl groups excluding tert-OH is 2. The van der Waals surface area contributed by atoms with Gasteiger partial charge in [0.1, 0.15) is 48.8 Å². The van der Waals surface area contributed by atoms with Crippen molar-refractivity contribution >= 4 is 0 Å². The second-order valence-corrected chi connectivity index (χ2v) is 20.1. The fourth-order valence-electron chi connectivity index (χ4n) is 11.8. The quantitative estimate of drug-likeness (QED) is 0.0556. The van der Waals surface area contributed by atoms with Gasteiger partial charge < -0.3 is 67.1 Å². The second-order valence-electron chi connectivity index (χ2n) is 20.1. The fraction of sp³-hybridized carbons (Fsp3) is 0.852. The minimum atomic E-state index is -0.664. The first-order valence-electron chi connectivity index (χ1n) is 25.4. The van der Waals surface area contributed by atoms with E-state index >= 15 is 0 Å². The van der Waals surface area contributed by atoms with Crippen molar-refractivity contribution in [1.82, 2.24) is 0 Å². The Kier molecular flexibility index (Phi) is 25.3. The first-order chi connectivity index (χ1) is 32.7. The van der Waals surface area contributed by atoms with E-state index in [0.717, 1.165) is 56.1 Å². The van der Waals surface area contributed by atoms with Crippen molar-refractivity contribution in [3.05, 3.63) is 47.6 Å². The molecule has 0 aromatic rings. The van der Waals surface area contributed by atoms with E-state index in [1.807, 2.05) is 38.2 Å². The van der Waals surface area contributed by atoms with E-state index in [0.29, 0.717) is 24.4 Å².